The van der Waals surface area contributed by atoms with Crippen molar-refractivity contribution in [1.29, 1.82) is 0 Å². The van der Waals surface area contributed by atoms with Crippen molar-refractivity contribution in [2.45, 2.75) is 20.8 Å². The second-order valence-corrected chi connectivity index (χ2v) is 5.47. The predicted octanol–water partition coefficient (Wildman–Crippen LogP) is 2.19. The van der Waals surface area contributed by atoms with Gasteiger partial charge in [0.1, 0.15) is 22.6 Å². The van der Waals surface area contributed by atoms with E-state index in [0.29, 0.717) is 5.75 Å². The van der Waals surface area contributed by atoms with E-state index in [2.05, 4.69) is 5.32 Å². The molecule has 0 unspecified atom stereocenters. The SMILES string of the molecule is CCOC(=O)c1c(C)oc(NC(=O)COc2ccc(C)cc2)c1C(N)=O. The second-order valence-electron chi connectivity index (χ2n) is 5.47. The Balaban J connectivity index is 2.14. The molecule has 8 heteroatoms. The molecular weight excluding hydrogens is 340 g/mol. The number of aryl methyl sites for hydroxylation is 2. The fraction of sp³-hybridized carbons (Fsp3) is 0.278. The van der Waals surface area contributed by atoms with Crippen molar-refractivity contribution in [3.8, 4) is 5.75 Å². The summed E-state index contributed by atoms with van der Waals surface area (Å²) in [6.45, 7) is 4.84. The first kappa shape index (κ1) is 19.0. The largest absolute Gasteiger partial charge is 0.484 e. The van der Waals surface area contributed by atoms with E-state index in [1.807, 2.05) is 19.1 Å². The molecule has 2 aromatic rings. The Morgan fingerprint density at radius 1 is 1.12 bits per heavy atom. The molecule has 0 aliphatic heterocycles. The number of nitrogens with two attached hydrogens (primary N) is 1. The number of esters is 1. The van der Waals surface area contributed by atoms with Gasteiger partial charge in [0, 0.05) is 0 Å². The molecular formula is C18H20N2O6. The highest BCUT2D eigenvalue weighted by atomic mass is 16.5. The highest BCUT2D eigenvalue weighted by Gasteiger charge is 2.29. The zero-order valence-corrected chi connectivity index (χ0v) is 14.8. The van der Waals surface area contributed by atoms with Crippen LogP contribution in [0.25, 0.3) is 0 Å². The summed E-state index contributed by atoms with van der Waals surface area (Å²) in [7, 11) is 0. The molecule has 0 radical (unpaired) electrons. The first-order chi connectivity index (χ1) is 12.3. The van der Waals surface area contributed by atoms with E-state index in [1.54, 1.807) is 19.1 Å². The number of ether oxygens (including phenoxy) is 2. The molecule has 1 aromatic carbocycles. The van der Waals surface area contributed by atoms with Crippen LogP contribution in [0.1, 0.15) is 39.0 Å². The summed E-state index contributed by atoms with van der Waals surface area (Å²) in [6, 6.07) is 7.15. The number of carbonyl (C=O) groups is 3. The molecule has 0 fully saturated rings. The number of amides is 2. The number of hydrogen-bond donors (Lipinski definition) is 2. The fourth-order valence-electron chi connectivity index (χ4n) is 2.26. The van der Waals surface area contributed by atoms with Gasteiger partial charge in [0.15, 0.2) is 6.61 Å². The number of carbonyl (C=O) groups excluding carboxylic acids is 3. The average molecular weight is 360 g/mol. The van der Waals surface area contributed by atoms with Crippen molar-refractivity contribution in [2.24, 2.45) is 5.73 Å². The van der Waals surface area contributed by atoms with Crippen molar-refractivity contribution in [1.82, 2.24) is 0 Å². The molecule has 0 spiro atoms. The van der Waals surface area contributed by atoms with E-state index in [4.69, 9.17) is 19.6 Å². The molecule has 26 heavy (non-hydrogen) atoms. The quantitative estimate of drug-likeness (QED) is 0.730. The summed E-state index contributed by atoms with van der Waals surface area (Å²) in [6.07, 6.45) is 0. The zero-order chi connectivity index (χ0) is 19.3. The Morgan fingerprint density at radius 2 is 1.77 bits per heavy atom. The van der Waals surface area contributed by atoms with E-state index in [0.717, 1.165) is 5.56 Å². The van der Waals surface area contributed by atoms with Gasteiger partial charge in [0.25, 0.3) is 11.8 Å². The lowest BCUT2D eigenvalue weighted by molar-refractivity contribution is -0.118. The van der Waals surface area contributed by atoms with Crippen LogP contribution in [0.5, 0.6) is 5.75 Å². The van der Waals surface area contributed by atoms with Crippen LogP contribution in [0.2, 0.25) is 0 Å². The van der Waals surface area contributed by atoms with E-state index in [-0.39, 0.29) is 36.0 Å². The summed E-state index contributed by atoms with van der Waals surface area (Å²) >= 11 is 0. The van der Waals surface area contributed by atoms with Gasteiger partial charge in [0.05, 0.1) is 6.61 Å². The Hall–Kier alpha value is -3.29. The molecule has 0 bridgehead atoms. The number of benzene rings is 1. The van der Waals surface area contributed by atoms with Gasteiger partial charge < -0.3 is 19.6 Å². The number of primary amides is 1. The Morgan fingerprint density at radius 3 is 2.35 bits per heavy atom. The molecule has 0 atom stereocenters. The van der Waals surface area contributed by atoms with Gasteiger partial charge >= 0.3 is 5.97 Å². The predicted molar refractivity (Wildman–Crippen MR) is 93.2 cm³/mol. The van der Waals surface area contributed by atoms with Crippen LogP contribution in [0.15, 0.2) is 28.7 Å². The molecule has 0 aliphatic rings. The van der Waals surface area contributed by atoms with Crippen LogP contribution < -0.4 is 15.8 Å². The van der Waals surface area contributed by atoms with Crippen LogP contribution in [0, 0.1) is 13.8 Å². The molecule has 138 valence electrons. The topological polar surface area (TPSA) is 121 Å². The summed E-state index contributed by atoms with van der Waals surface area (Å²) in [5.74, 6) is -1.82. The van der Waals surface area contributed by atoms with Crippen molar-refractivity contribution in [3.05, 3.63) is 46.7 Å². The maximum Gasteiger partial charge on any atom is 0.342 e. The van der Waals surface area contributed by atoms with Crippen LogP contribution in [0.4, 0.5) is 5.88 Å². The molecule has 8 nitrogen and oxygen atoms in total. The second kappa shape index (κ2) is 8.19. The number of anilines is 1. The van der Waals surface area contributed by atoms with Crippen molar-refractivity contribution in [3.63, 3.8) is 0 Å². The molecule has 2 rings (SSSR count). The van der Waals surface area contributed by atoms with Crippen LogP contribution >= 0.6 is 0 Å². The monoisotopic (exact) mass is 360 g/mol. The molecule has 3 N–H and O–H groups in total. The highest BCUT2D eigenvalue weighted by molar-refractivity contribution is 6.10. The number of nitrogens with one attached hydrogen (secondary N) is 1. The van der Waals surface area contributed by atoms with Crippen molar-refractivity contribution >= 4 is 23.7 Å². The summed E-state index contributed by atoms with van der Waals surface area (Å²) in [4.78, 5) is 35.8. The molecule has 1 aromatic heterocycles. The third-order valence-corrected chi connectivity index (χ3v) is 3.45. The van der Waals surface area contributed by atoms with Gasteiger partial charge in [-0.3, -0.25) is 14.9 Å². The van der Waals surface area contributed by atoms with E-state index >= 15 is 0 Å². The summed E-state index contributed by atoms with van der Waals surface area (Å²) < 4.78 is 15.6. The van der Waals surface area contributed by atoms with E-state index in [9.17, 15) is 14.4 Å². The minimum absolute atomic E-state index is 0.103. The van der Waals surface area contributed by atoms with Crippen molar-refractivity contribution in [2.75, 3.05) is 18.5 Å². The first-order valence-electron chi connectivity index (χ1n) is 7.93. The molecule has 1 heterocycles. The van der Waals surface area contributed by atoms with Crippen LogP contribution in [0.3, 0.4) is 0 Å². The normalized spacial score (nSPS) is 10.3. The van der Waals surface area contributed by atoms with E-state index in [1.165, 1.54) is 6.92 Å². The maximum atomic E-state index is 12.1. The minimum Gasteiger partial charge on any atom is -0.484 e. The minimum atomic E-state index is -0.917. The summed E-state index contributed by atoms with van der Waals surface area (Å²) in [5, 5.41) is 2.39. The third kappa shape index (κ3) is 4.41. The lowest BCUT2D eigenvalue weighted by Crippen LogP contribution is -2.23. The van der Waals surface area contributed by atoms with E-state index < -0.39 is 17.8 Å². The Labute approximate surface area is 150 Å². The average Bonchev–Trinajstić information content (AvgIpc) is 2.90. The first-order valence-corrected chi connectivity index (χ1v) is 7.93. The molecule has 0 aliphatic carbocycles. The zero-order valence-electron chi connectivity index (χ0n) is 14.8. The molecule has 0 saturated carbocycles. The summed E-state index contributed by atoms with van der Waals surface area (Å²) in [5.41, 5.74) is 6.05. The van der Waals surface area contributed by atoms with Gasteiger partial charge in [-0.05, 0) is 32.9 Å². The highest BCUT2D eigenvalue weighted by Crippen LogP contribution is 2.27. The Bertz CT molecular complexity index is 823. The Kier molecular flexibility index (Phi) is 6.00. The maximum absolute atomic E-state index is 12.1. The smallest absolute Gasteiger partial charge is 0.342 e. The third-order valence-electron chi connectivity index (χ3n) is 3.45. The molecule has 2 amide bonds. The van der Waals surface area contributed by atoms with Gasteiger partial charge in [0.2, 0.25) is 5.88 Å². The van der Waals surface area contributed by atoms with Gasteiger partial charge in [-0.25, -0.2) is 4.79 Å². The van der Waals surface area contributed by atoms with Gasteiger partial charge in [-0.1, -0.05) is 17.7 Å². The number of hydrogen-bond acceptors (Lipinski definition) is 6. The molecule has 0 saturated heterocycles. The van der Waals surface area contributed by atoms with Crippen LogP contribution in [-0.4, -0.2) is 31.0 Å². The van der Waals surface area contributed by atoms with Gasteiger partial charge in [-0.2, -0.15) is 0 Å². The number of furan rings is 1. The standard InChI is InChI=1S/C18H20N2O6/c1-4-24-18(23)14-11(3)26-17(15(14)16(19)22)20-13(21)9-25-12-7-5-10(2)6-8-12/h5-8H,4,9H2,1-3H3,(H2,19,22)(H,20,21). The number of rotatable bonds is 7. The van der Waals surface area contributed by atoms with Gasteiger partial charge in [-0.15, -0.1) is 0 Å². The van der Waals surface area contributed by atoms with Crippen molar-refractivity contribution < 1.29 is 28.3 Å². The van der Waals surface area contributed by atoms with Crippen LogP contribution in [-0.2, 0) is 9.53 Å². The fourth-order valence-corrected chi connectivity index (χ4v) is 2.26. The lowest BCUT2D eigenvalue weighted by Gasteiger charge is -2.07. The lowest BCUT2D eigenvalue weighted by atomic mass is 10.1.